The van der Waals surface area contributed by atoms with Gasteiger partial charge in [-0.05, 0) is 61.1 Å². The molecule has 0 bridgehead atoms. The average molecular weight is 367 g/mol. The molecule has 6 heteroatoms. The Morgan fingerprint density at radius 1 is 1.16 bits per heavy atom. The molecule has 5 atom stereocenters. The first-order valence-corrected chi connectivity index (χ1v) is 11.9. The Morgan fingerprint density at radius 2 is 1.92 bits per heavy atom. The summed E-state index contributed by atoms with van der Waals surface area (Å²) >= 11 is 0. The van der Waals surface area contributed by atoms with E-state index in [1.165, 1.54) is 44.8 Å². The highest BCUT2D eigenvalue weighted by atomic mass is 32.2. The van der Waals surface area contributed by atoms with E-state index in [0.717, 1.165) is 31.0 Å². The van der Waals surface area contributed by atoms with Crippen LogP contribution in [0.4, 0.5) is 0 Å². The molecule has 3 fully saturated rings. The molecule has 4 rings (SSSR count). The van der Waals surface area contributed by atoms with Gasteiger partial charge in [0.1, 0.15) is 0 Å². The minimum Gasteiger partial charge on any atom is -0.674 e. The maximum absolute atomic E-state index is 11.7. The second-order valence-electron chi connectivity index (χ2n) is 8.75. The van der Waals surface area contributed by atoms with Crippen LogP contribution < -0.4 is 5.32 Å². The fourth-order valence-electron chi connectivity index (χ4n) is 5.60. The topological polar surface area (TPSA) is 63.5 Å². The van der Waals surface area contributed by atoms with Crippen LogP contribution in [0.3, 0.4) is 0 Å². The van der Waals surface area contributed by atoms with E-state index in [0.29, 0.717) is 18.6 Å². The molecule has 1 aliphatic carbocycles. The molecule has 0 spiro atoms. The first-order valence-electron chi connectivity index (χ1n) is 10.0. The van der Waals surface area contributed by atoms with Crippen LogP contribution in [0.2, 0.25) is 0 Å². The summed E-state index contributed by atoms with van der Waals surface area (Å²) in [6.07, 6.45) is 11.3. The molecule has 3 heterocycles. The van der Waals surface area contributed by atoms with E-state index in [4.69, 9.17) is 0 Å². The highest BCUT2D eigenvalue weighted by Gasteiger charge is 2.42. The van der Waals surface area contributed by atoms with Crippen molar-refractivity contribution in [2.75, 3.05) is 25.9 Å². The quantitative estimate of drug-likeness (QED) is 0.834. The van der Waals surface area contributed by atoms with Crippen LogP contribution in [-0.2, 0) is 9.84 Å². The Kier molecular flexibility index (Phi) is 4.88. The van der Waals surface area contributed by atoms with Gasteiger partial charge in [-0.2, -0.15) is 0 Å². The molecular formula is C19H32N3O2S-. The first kappa shape index (κ1) is 17.8. The molecule has 3 aliphatic heterocycles. The number of fused-ring (bicyclic) bond motifs is 1. The first-order chi connectivity index (χ1) is 11.9. The van der Waals surface area contributed by atoms with Crippen molar-refractivity contribution in [1.82, 2.24) is 10.2 Å². The Labute approximate surface area is 152 Å². The number of hydrogen-bond acceptors (Lipinski definition) is 4. The lowest BCUT2D eigenvalue weighted by molar-refractivity contribution is 0.101. The maximum atomic E-state index is 11.7. The van der Waals surface area contributed by atoms with E-state index < -0.39 is 9.84 Å². The molecule has 142 valence electrons. The zero-order chi connectivity index (χ0) is 17.6. The summed E-state index contributed by atoms with van der Waals surface area (Å²) in [4.78, 5) is 2.59. The number of rotatable bonds is 3. The third-order valence-electron chi connectivity index (χ3n) is 7.01. The zero-order valence-electron chi connectivity index (χ0n) is 15.5. The van der Waals surface area contributed by atoms with Crippen molar-refractivity contribution in [3.8, 4) is 0 Å². The van der Waals surface area contributed by atoms with Crippen LogP contribution >= 0.6 is 0 Å². The van der Waals surface area contributed by atoms with Gasteiger partial charge in [-0.25, -0.2) is 8.42 Å². The van der Waals surface area contributed by atoms with Crippen LogP contribution in [0.25, 0.3) is 5.32 Å². The molecule has 4 aliphatic rings. The van der Waals surface area contributed by atoms with E-state index in [9.17, 15) is 8.42 Å². The summed E-state index contributed by atoms with van der Waals surface area (Å²) in [6.45, 7) is 5.02. The van der Waals surface area contributed by atoms with E-state index in [2.05, 4.69) is 22.5 Å². The number of sulfone groups is 1. The molecule has 1 N–H and O–H groups in total. The molecule has 0 aromatic rings. The molecular weight excluding hydrogens is 334 g/mol. The minimum atomic E-state index is -3.18. The van der Waals surface area contributed by atoms with E-state index in [1.54, 1.807) is 0 Å². The second kappa shape index (κ2) is 6.86. The number of nitrogens with one attached hydrogen (secondary N) is 1. The predicted octanol–water partition coefficient (Wildman–Crippen LogP) is 2.51. The van der Waals surface area contributed by atoms with Crippen LogP contribution in [0.5, 0.6) is 0 Å². The summed E-state index contributed by atoms with van der Waals surface area (Å²) in [6, 6.07) is 1.79. The number of piperidine rings is 1. The SMILES string of the molecule is CC1C=C(S(C)(=O)=O)[N-]CC1N1CCC2NC(C3CCCC3)CC2C1. The number of likely N-dealkylation sites (tertiary alicyclic amines) is 1. The summed E-state index contributed by atoms with van der Waals surface area (Å²) in [5.41, 5.74) is 0. The van der Waals surface area contributed by atoms with Crippen molar-refractivity contribution < 1.29 is 8.42 Å². The highest BCUT2D eigenvalue weighted by Crippen LogP contribution is 2.38. The Hall–Kier alpha value is -0.590. The maximum Gasteiger partial charge on any atom is 0.154 e. The van der Waals surface area contributed by atoms with Gasteiger partial charge >= 0.3 is 0 Å². The smallest absolute Gasteiger partial charge is 0.154 e. The predicted molar refractivity (Wildman–Crippen MR) is 101 cm³/mol. The van der Waals surface area contributed by atoms with Crippen molar-refractivity contribution in [2.45, 2.75) is 63.6 Å². The van der Waals surface area contributed by atoms with Crippen molar-refractivity contribution in [1.29, 1.82) is 0 Å². The van der Waals surface area contributed by atoms with Gasteiger partial charge in [0, 0.05) is 24.9 Å². The number of nitrogens with zero attached hydrogens (tertiary/aromatic N) is 2. The lowest BCUT2D eigenvalue weighted by Gasteiger charge is -2.47. The largest absolute Gasteiger partial charge is 0.674 e. The molecule has 0 radical (unpaired) electrons. The number of hydrogen-bond donors (Lipinski definition) is 1. The molecule has 5 unspecified atom stereocenters. The molecule has 2 saturated heterocycles. The summed E-state index contributed by atoms with van der Waals surface area (Å²) in [7, 11) is -3.18. The van der Waals surface area contributed by atoms with Crippen molar-refractivity contribution in [3.05, 3.63) is 16.4 Å². The van der Waals surface area contributed by atoms with E-state index in [-0.39, 0.29) is 10.9 Å². The fraction of sp³-hybridized carbons (Fsp3) is 0.895. The standard InChI is InChI=1S/C19H32N3O2S/c1-13-9-19(25(2,23)24)20-11-18(13)22-8-7-16-15(12-22)10-17(21-16)14-5-3-4-6-14/h9,13-18,21H,3-8,10-12H2,1-2H3/q-1. The lowest BCUT2D eigenvalue weighted by Crippen LogP contribution is -2.52. The van der Waals surface area contributed by atoms with Gasteiger partial charge in [0.15, 0.2) is 9.84 Å². The monoisotopic (exact) mass is 366 g/mol. The molecule has 5 nitrogen and oxygen atoms in total. The normalized spacial score (nSPS) is 40.6. The fourth-order valence-corrected chi connectivity index (χ4v) is 6.38. The van der Waals surface area contributed by atoms with E-state index >= 15 is 0 Å². The minimum absolute atomic E-state index is 0.249. The average Bonchev–Trinajstić information content (AvgIpc) is 3.22. The van der Waals surface area contributed by atoms with Crippen LogP contribution in [-0.4, -0.2) is 57.3 Å². The van der Waals surface area contributed by atoms with Gasteiger partial charge in [-0.1, -0.05) is 25.8 Å². The third kappa shape index (κ3) is 3.62. The van der Waals surface area contributed by atoms with Gasteiger partial charge in [-0.3, -0.25) is 0 Å². The van der Waals surface area contributed by atoms with Gasteiger partial charge in [0.05, 0.1) is 0 Å². The van der Waals surface area contributed by atoms with Gasteiger partial charge in [-0.15, -0.1) is 6.54 Å². The molecule has 0 aromatic carbocycles. The summed E-state index contributed by atoms with van der Waals surface area (Å²) in [5.74, 6) is 1.91. The highest BCUT2D eigenvalue weighted by molar-refractivity contribution is 7.94. The Morgan fingerprint density at radius 3 is 2.60 bits per heavy atom. The molecule has 25 heavy (non-hydrogen) atoms. The Bertz CT molecular complexity index is 627. The Balaban J connectivity index is 1.38. The zero-order valence-corrected chi connectivity index (χ0v) is 16.3. The molecule has 0 amide bonds. The van der Waals surface area contributed by atoms with Gasteiger partial charge in [0.25, 0.3) is 0 Å². The summed E-state index contributed by atoms with van der Waals surface area (Å²) < 4.78 is 23.5. The van der Waals surface area contributed by atoms with E-state index in [1.807, 2.05) is 6.08 Å². The molecule has 0 aromatic heterocycles. The van der Waals surface area contributed by atoms with Gasteiger partial charge < -0.3 is 15.5 Å². The van der Waals surface area contributed by atoms with Gasteiger partial charge in [0.2, 0.25) is 0 Å². The van der Waals surface area contributed by atoms with Crippen LogP contribution in [0.15, 0.2) is 11.1 Å². The molecule has 1 saturated carbocycles. The van der Waals surface area contributed by atoms with Crippen molar-refractivity contribution in [3.63, 3.8) is 0 Å². The third-order valence-corrected chi connectivity index (χ3v) is 8.04. The lowest BCUT2D eigenvalue weighted by atomic mass is 9.87. The van der Waals surface area contributed by atoms with Crippen LogP contribution in [0, 0.1) is 17.8 Å². The summed E-state index contributed by atoms with van der Waals surface area (Å²) in [5, 5.41) is 8.63. The van der Waals surface area contributed by atoms with Crippen LogP contribution in [0.1, 0.15) is 45.4 Å². The van der Waals surface area contributed by atoms with Crippen molar-refractivity contribution in [2.24, 2.45) is 17.8 Å². The second-order valence-corrected chi connectivity index (χ2v) is 10.7. The van der Waals surface area contributed by atoms with Crippen molar-refractivity contribution >= 4 is 9.84 Å².